The summed E-state index contributed by atoms with van der Waals surface area (Å²) in [6.45, 7) is 4.89. The van der Waals surface area contributed by atoms with Gasteiger partial charge >= 0.3 is 0 Å². The number of carbonyl (C=O) groups excluding carboxylic acids is 1. The Morgan fingerprint density at radius 2 is 2.03 bits per heavy atom. The maximum atomic E-state index is 12.4. The number of thiazole rings is 1. The van der Waals surface area contributed by atoms with Gasteiger partial charge in [0.2, 0.25) is 5.91 Å². The molecule has 1 amide bonds. The van der Waals surface area contributed by atoms with Crippen LogP contribution in [0.25, 0.3) is 10.6 Å². The minimum Gasteiger partial charge on any atom is -0.496 e. The van der Waals surface area contributed by atoms with Crippen molar-refractivity contribution in [3.8, 4) is 16.3 Å². The molecule has 3 aromatic rings. The molecule has 31 heavy (non-hydrogen) atoms. The lowest BCUT2D eigenvalue weighted by Gasteiger charge is -2.26. The normalized spacial score (nSPS) is 14.4. The lowest BCUT2D eigenvalue weighted by molar-refractivity contribution is -0.120. The van der Waals surface area contributed by atoms with Gasteiger partial charge in [-0.15, -0.1) is 11.3 Å². The fourth-order valence-corrected chi connectivity index (χ4v) is 4.43. The molecule has 1 aromatic heterocycles. The highest BCUT2D eigenvalue weighted by molar-refractivity contribution is 7.13. The highest BCUT2D eigenvalue weighted by Gasteiger charge is 2.13. The zero-order valence-corrected chi connectivity index (χ0v) is 18.5. The monoisotopic (exact) mass is 437 g/mol. The smallest absolute Gasteiger partial charge is 0.226 e. The standard InChI is InChI=1S/C24H27N3O3S/c1-29-22-8-3-2-6-20(22)15-25-23(28)14-21-17-31-24(26-21)19-7-4-5-18(13-19)16-27-9-11-30-12-10-27/h2-8,13,17H,9-12,14-16H2,1H3,(H,25,28). The molecule has 2 aromatic carbocycles. The van der Waals surface area contributed by atoms with Gasteiger partial charge in [-0.25, -0.2) is 4.98 Å². The number of nitrogens with one attached hydrogen (secondary N) is 1. The van der Waals surface area contributed by atoms with Gasteiger partial charge < -0.3 is 14.8 Å². The minimum atomic E-state index is -0.0520. The van der Waals surface area contributed by atoms with Crippen LogP contribution in [0, 0.1) is 0 Å². The molecule has 1 aliphatic rings. The van der Waals surface area contributed by atoms with Crippen LogP contribution in [0.1, 0.15) is 16.8 Å². The largest absolute Gasteiger partial charge is 0.496 e. The van der Waals surface area contributed by atoms with Gasteiger partial charge in [-0.3, -0.25) is 9.69 Å². The van der Waals surface area contributed by atoms with Gasteiger partial charge in [0.25, 0.3) is 0 Å². The van der Waals surface area contributed by atoms with E-state index in [0.717, 1.165) is 60.4 Å². The molecule has 0 atom stereocenters. The Hall–Kier alpha value is -2.74. The molecule has 0 aliphatic carbocycles. The fraction of sp³-hybridized carbons (Fsp3) is 0.333. The van der Waals surface area contributed by atoms with Crippen LogP contribution >= 0.6 is 11.3 Å². The quantitative estimate of drug-likeness (QED) is 0.584. The number of carbonyl (C=O) groups is 1. The second kappa shape index (κ2) is 10.5. The Kier molecular flexibility index (Phi) is 7.30. The van der Waals surface area contributed by atoms with Crippen molar-refractivity contribution in [3.63, 3.8) is 0 Å². The zero-order chi connectivity index (χ0) is 21.5. The van der Waals surface area contributed by atoms with E-state index >= 15 is 0 Å². The molecule has 162 valence electrons. The Morgan fingerprint density at radius 3 is 2.87 bits per heavy atom. The molecule has 1 aliphatic heterocycles. The SMILES string of the molecule is COc1ccccc1CNC(=O)Cc1csc(-c2cccc(CN3CCOCC3)c2)n1. The van der Waals surface area contributed by atoms with Gasteiger partial charge in [-0.05, 0) is 17.7 Å². The number of para-hydroxylation sites is 1. The molecule has 1 fully saturated rings. The Labute approximate surface area is 186 Å². The van der Waals surface area contributed by atoms with E-state index in [9.17, 15) is 4.79 Å². The van der Waals surface area contributed by atoms with E-state index in [2.05, 4.69) is 34.5 Å². The number of hydrogen-bond acceptors (Lipinski definition) is 6. The molecule has 4 rings (SSSR count). The van der Waals surface area contributed by atoms with E-state index in [1.165, 1.54) is 5.56 Å². The highest BCUT2D eigenvalue weighted by atomic mass is 32.1. The van der Waals surface area contributed by atoms with Crippen molar-refractivity contribution in [2.45, 2.75) is 19.5 Å². The molecular formula is C24H27N3O3S. The Bertz CT molecular complexity index is 1010. The first-order valence-corrected chi connectivity index (χ1v) is 11.3. The van der Waals surface area contributed by atoms with E-state index in [-0.39, 0.29) is 12.3 Å². The Balaban J connectivity index is 1.34. The molecule has 1 saturated heterocycles. The van der Waals surface area contributed by atoms with Crippen LogP contribution in [0.3, 0.4) is 0 Å². The molecule has 0 bridgehead atoms. The molecule has 2 heterocycles. The van der Waals surface area contributed by atoms with Crippen molar-refractivity contribution in [2.75, 3.05) is 33.4 Å². The van der Waals surface area contributed by atoms with Gasteiger partial charge in [-0.1, -0.05) is 36.4 Å². The number of amides is 1. The van der Waals surface area contributed by atoms with Crippen LogP contribution in [0.2, 0.25) is 0 Å². The number of ether oxygens (including phenoxy) is 2. The predicted octanol–water partition coefficient (Wildman–Crippen LogP) is 3.51. The van der Waals surface area contributed by atoms with Crippen LogP contribution in [0.4, 0.5) is 0 Å². The van der Waals surface area contributed by atoms with Crippen molar-refractivity contribution in [1.29, 1.82) is 0 Å². The first-order chi connectivity index (χ1) is 15.2. The summed E-state index contributed by atoms with van der Waals surface area (Å²) in [7, 11) is 1.63. The van der Waals surface area contributed by atoms with Crippen molar-refractivity contribution in [1.82, 2.24) is 15.2 Å². The van der Waals surface area contributed by atoms with Crippen molar-refractivity contribution >= 4 is 17.2 Å². The molecule has 7 heteroatoms. The van der Waals surface area contributed by atoms with Crippen LogP contribution in [-0.2, 0) is 29.0 Å². The van der Waals surface area contributed by atoms with E-state index in [4.69, 9.17) is 14.5 Å². The third kappa shape index (κ3) is 5.91. The summed E-state index contributed by atoms with van der Waals surface area (Å²) in [5, 5.41) is 5.86. The van der Waals surface area contributed by atoms with Gasteiger partial charge in [0, 0.05) is 42.7 Å². The second-order valence-electron chi connectivity index (χ2n) is 7.50. The van der Waals surface area contributed by atoms with Crippen molar-refractivity contribution < 1.29 is 14.3 Å². The summed E-state index contributed by atoms with van der Waals surface area (Å²) in [6, 6.07) is 16.2. The van der Waals surface area contributed by atoms with Crippen LogP contribution in [0.15, 0.2) is 53.9 Å². The third-order valence-corrected chi connectivity index (χ3v) is 6.19. The molecule has 0 unspecified atom stereocenters. The van der Waals surface area contributed by atoms with E-state index in [1.54, 1.807) is 18.4 Å². The van der Waals surface area contributed by atoms with Crippen LogP contribution < -0.4 is 10.1 Å². The highest BCUT2D eigenvalue weighted by Crippen LogP contribution is 2.25. The molecular weight excluding hydrogens is 410 g/mol. The van der Waals surface area contributed by atoms with E-state index in [1.807, 2.05) is 29.6 Å². The molecule has 0 saturated carbocycles. The lowest BCUT2D eigenvalue weighted by Crippen LogP contribution is -2.35. The third-order valence-electron chi connectivity index (χ3n) is 5.25. The molecule has 0 spiro atoms. The van der Waals surface area contributed by atoms with Crippen molar-refractivity contribution in [3.05, 3.63) is 70.7 Å². The van der Waals surface area contributed by atoms with Crippen LogP contribution in [-0.4, -0.2) is 49.2 Å². The van der Waals surface area contributed by atoms with Crippen LogP contribution in [0.5, 0.6) is 5.75 Å². The van der Waals surface area contributed by atoms with Gasteiger partial charge in [0.1, 0.15) is 10.8 Å². The van der Waals surface area contributed by atoms with E-state index in [0.29, 0.717) is 6.54 Å². The summed E-state index contributed by atoms with van der Waals surface area (Å²) in [5.41, 5.74) is 4.10. The summed E-state index contributed by atoms with van der Waals surface area (Å²) in [6.07, 6.45) is 0.263. The maximum absolute atomic E-state index is 12.4. The molecule has 0 radical (unpaired) electrons. The number of rotatable bonds is 8. The number of aromatic nitrogens is 1. The van der Waals surface area contributed by atoms with Gasteiger partial charge in [0.05, 0.1) is 32.4 Å². The summed E-state index contributed by atoms with van der Waals surface area (Å²) >= 11 is 1.58. The summed E-state index contributed by atoms with van der Waals surface area (Å²) in [5.74, 6) is 0.722. The average molecular weight is 438 g/mol. The number of benzene rings is 2. The topological polar surface area (TPSA) is 63.7 Å². The number of nitrogens with zero attached hydrogens (tertiary/aromatic N) is 2. The second-order valence-corrected chi connectivity index (χ2v) is 8.36. The van der Waals surface area contributed by atoms with Gasteiger partial charge in [0.15, 0.2) is 0 Å². The zero-order valence-electron chi connectivity index (χ0n) is 17.7. The predicted molar refractivity (Wildman–Crippen MR) is 122 cm³/mol. The fourth-order valence-electron chi connectivity index (χ4n) is 3.61. The number of morpholine rings is 1. The van der Waals surface area contributed by atoms with Gasteiger partial charge in [-0.2, -0.15) is 0 Å². The minimum absolute atomic E-state index is 0.0520. The number of methoxy groups -OCH3 is 1. The summed E-state index contributed by atoms with van der Waals surface area (Å²) in [4.78, 5) is 19.5. The average Bonchev–Trinajstić information content (AvgIpc) is 3.27. The first-order valence-electron chi connectivity index (χ1n) is 10.4. The molecule has 1 N–H and O–H groups in total. The Morgan fingerprint density at radius 1 is 1.19 bits per heavy atom. The summed E-state index contributed by atoms with van der Waals surface area (Å²) < 4.78 is 10.8. The lowest BCUT2D eigenvalue weighted by atomic mass is 10.1. The first kappa shape index (κ1) is 21.5. The number of hydrogen-bond donors (Lipinski definition) is 1. The maximum Gasteiger partial charge on any atom is 0.226 e. The van der Waals surface area contributed by atoms with Crippen molar-refractivity contribution in [2.24, 2.45) is 0 Å². The molecule has 6 nitrogen and oxygen atoms in total. The van der Waals surface area contributed by atoms with E-state index < -0.39 is 0 Å².